The molecule has 0 radical (unpaired) electrons. The number of piperidine rings is 1. The van der Waals surface area contributed by atoms with Gasteiger partial charge in [-0.1, -0.05) is 23.7 Å². The second kappa shape index (κ2) is 10.3. The summed E-state index contributed by atoms with van der Waals surface area (Å²) in [4.78, 5) is 7.14. The summed E-state index contributed by atoms with van der Waals surface area (Å²) in [6, 6.07) is 12.8. The molecule has 0 aliphatic carbocycles. The van der Waals surface area contributed by atoms with E-state index in [0.29, 0.717) is 43.3 Å². The Morgan fingerprint density at radius 2 is 1.88 bits per heavy atom. The smallest absolute Gasteiger partial charge is 0.185 e. The molecule has 3 aromatic rings. The zero-order valence-electron chi connectivity index (χ0n) is 18.7. The quantitative estimate of drug-likeness (QED) is 0.416. The monoisotopic (exact) mass is 506 g/mol. The van der Waals surface area contributed by atoms with Gasteiger partial charge >= 0.3 is 0 Å². The Labute approximate surface area is 204 Å². The largest absolute Gasteiger partial charge is 0.495 e. The second-order valence-electron chi connectivity index (χ2n) is 7.90. The Morgan fingerprint density at radius 1 is 1.15 bits per heavy atom. The molecule has 0 N–H and O–H groups in total. The Hall–Kier alpha value is -2.29. The van der Waals surface area contributed by atoms with Crippen molar-refractivity contribution in [2.24, 2.45) is 0 Å². The van der Waals surface area contributed by atoms with E-state index in [9.17, 15) is 8.42 Å². The van der Waals surface area contributed by atoms with Crippen LogP contribution in [0.15, 0.2) is 52.7 Å². The molecule has 0 unspecified atom stereocenters. The minimum Gasteiger partial charge on any atom is -0.495 e. The predicted octanol–water partition coefficient (Wildman–Crippen LogP) is 5.24. The van der Waals surface area contributed by atoms with Crippen LogP contribution in [0.5, 0.6) is 11.5 Å². The van der Waals surface area contributed by atoms with Crippen molar-refractivity contribution in [1.29, 1.82) is 0 Å². The van der Waals surface area contributed by atoms with Crippen LogP contribution in [0.3, 0.4) is 0 Å². The fourth-order valence-electron chi connectivity index (χ4n) is 4.01. The van der Waals surface area contributed by atoms with Crippen LogP contribution in [0.25, 0.3) is 0 Å². The van der Waals surface area contributed by atoms with Crippen LogP contribution in [0.1, 0.15) is 31.0 Å². The number of benzene rings is 2. The number of ether oxygens (including phenoxy) is 2. The zero-order valence-corrected chi connectivity index (χ0v) is 21.0. The molecular formula is C24H27ClN2O4S2. The van der Waals surface area contributed by atoms with Gasteiger partial charge in [0, 0.05) is 29.9 Å². The van der Waals surface area contributed by atoms with Crippen LogP contribution in [0.2, 0.25) is 5.02 Å². The van der Waals surface area contributed by atoms with Gasteiger partial charge in [0.1, 0.15) is 16.4 Å². The lowest BCUT2D eigenvalue weighted by molar-refractivity contribution is 0.340. The van der Waals surface area contributed by atoms with E-state index in [1.165, 1.54) is 18.7 Å². The van der Waals surface area contributed by atoms with E-state index in [1.54, 1.807) is 23.5 Å². The SMILES string of the molecule is CCOc1ccc(Cc2csc(N3CCC(S(=O)(=O)c4cc(Cl)ccc4OC)CC3)n2)cc1. The summed E-state index contributed by atoms with van der Waals surface area (Å²) in [6.45, 7) is 3.90. The summed E-state index contributed by atoms with van der Waals surface area (Å²) in [5.41, 5.74) is 2.19. The van der Waals surface area contributed by atoms with Crippen molar-refractivity contribution >= 4 is 37.9 Å². The number of nitrogens with zero attached hydrogens (tertiary/aromatic N) is 2. The molecule has 1 saturated heterocycles. The summed E-state index contributed by atoms with van der Waals surface area (Å²) in [5.74, 6) is 1.20. The number of aromatic nitrogens is 1. The van der Waals surface area contributed by atoms with Gasteiger partial charge in [0.2, 0.25) is 0 Å². The maximum Gasteiger partial charge on any atom is 0.185 e. The number of sulfone groups is 1. The lowest BCUT2D eigenvalue weighted by atomic mass is 10.1. The third kappa shape index (κ3) is 5.45. The molecule has 2 aromatic carbocycles. The average molecular weight is 507 g/mol. The molecule has 4 rings (SSSR count). The molecule has 0 saturated carbocycles. The van der Waals surface area contributed by atoms with Crippen molar-refractivity contribution < 1.29 is 17.9 Å². The van der Waals surface area contributed by atoms with E-state index < -0.39 is 15.1 Å². The summed E-state index contributed by atoms with van der Waals surface area (Å²) in [7, 11) is -2.07. The molecule has 0 atom stereocenters. The molecule has 1 aliphatic rings. The molecule has 1 aliphatic heterocycles. The first-order valence-corrected chi connectivity index (χ1v) is 13.7. The lowest BCUT2D eigenvalue weighted by Gasteiger charge is -2.31. The number of methoxy groups -OCH3 is 1. The minimum absolute atomic E-state index is 0.169. The van der Waals surface area contributed by atoms with Crippen LogP contribution in [0.4, 0.5) is 5.13 Å². The average Bonchev–Trinajstić information content (AvgIpc) is 3.29. The molecule has 1 fully saturated rings. The highest BCUT2D eigenvalue weighted by Gasteiger charge is 2.34. The Balaban J connectivity index is 1.39. The Morgan fingerprint density at radius 3 is 2.55 bits per heavy atom. The van der Waals surface area contributed by atoms with E-state index in [0.717, 1.165) is 23.0 Å². The normalized spacial score (nSPS) is 14.9. The molecule has 1 aromatic heterocycles. The van der Waals surface area contributed by atoms with Gasteiger partial charge in [0.25, 0.3) is 0 Å². The molecule has 33 heavy (non-hydrogen) atoms. The van der Waals surface area contributed by atoms with Crippen LogP contribution in [-0.2, 0) is 16.3 Å². The third-order valence-electron chi connectivity index (χ3n) is 5.74. The zero-order chi connectivity index (χ0) is 23.4. The number of anilines is 1. The van der Waals surface area contributed by atoms with Gasteiger partial charge in [-0.05, 0) is 55.7 Å². The van der Waals surface area contributed by atoms with Gasteiger partial charge in [-0.25, -0.2) is 13.4 Å². The topological polar surface area (TPSA) is 68.7 Å². The van der Waals surface area contributed by atoms with Gasteiger partial charge in [-0.2, -0.15) is 0 Å². The highest BCUT2D eigenvalue weighted by atomic mass is 35.5. The maximum absolute atomic E-state index is 13.3. The fourth-order valence-corrected chi connectivity index (χ4v) is 7.04. The fraction of sp³-hybridized carbons (Fsp3) is 0.375. The molecule has 0 spiro atoms. The van der Waals surface area contributed by atoms with Crippen LogP contribution < -0.4 is 14.4 Å². The van der Waals surface area contributed by atoms with E-state index in [1.807, 2.05) is 19.1 Å². The maximum atomic E-state index is 13.3. The van der Waals surface area contributed by atoms with Crippen LogP contribution in [-0.4, -0.2) is 45.5 Å². The van der Waals surface area contributed by atoms with Crippen molar-refractivity contribution in [3.05, 3.63) is 64.1 Å². The first-order chi connectivity index (χ1) is 15.9. The summed E-state index contributed by atoms with van der Waals surface area (Å²) < 4.78 is 37.3. The third-order valence-corrected chi connectivity index (χ3v) is 9.21. The van der Waals surface area contributed by atoms with Gasteiger partial charge < -0.3 is 14.4 Å². The van der Waals surface area contributed by atoms with Crippen molar-refractivity contribution in [1.82, 2.24) is 4.98 Å². The highest BCUT2D eigenvalue weighted by Crippen LogP contribution is 2.34. The summed E-state index contributed by atoms with van der Waals surface area (Å²) in [5, 5.41) is 2.93. The molecule has 0 amide bonds. The van der Waals surface area contributed by atoms with Gasteiger partial charge in [-0.15, -0.1) is 11.3 Å². The van der Waals surface area contributed by atoms with Gasteiger partial charge in [-0.3, -0.25) is 0 Å². The molecule has 0 bridgehead atoms. The van der Waals surface area contributed by atoms with Gasteiger partial charge in [0.15, 0.2) is 15.0 Å². The molecule has 6 nitrogen and oxygen atoms in total. The summed E-state index contributed by atoms with van der Waals surface area (Å²) >= 11 is 7.67. The van der Waals surface area contributed by atoms with E-state index >= 15 is 0 Å². The number of thiazole rings is 1. The molecular weight excluding hydrogens is 480 g/mol. The number of hydrogen-bond donors (Lipinski definition) is 0. The standard InChI is InChI=1S/C24H27ClN2O4S2/c1-3-31-20-7-4-17(5-8-20)14-19-16-32-24(26-19)27-12-10-21(11-13-27)33(28,29)23-15-18(25)6-9-22(23)30-2/h4-9,15-16,21H,3,10-14H2,1-2H3. The van der Waals surface area contributed by atoms with E-state index in [4.69, 9.17) is 26.1 Å². The predicted molar refractivity (Wildman–Crippen MR) is 133 cm³/mol. The molecule has 9 heteroatoms. The highest BCUT2D eigenvalue weighted by molar-refractivity contribution is 7.92. The van der Waals surface area contributed by atoms with Crippen LogP contribution >= 0.6 is 22.9 Å². The van der Waals surface area contributed by atoms with Gasteiger partial charge in [0.05, 0.1) is 24.7 Å². The number of hydrogen-bond acceptors (Lipinski definition) is 7. The van der Waals surface area contributed by atoms with E-state index in [-0.39, 0.29) is 4.90 Å². The van der Waals surface area contributed by atoms with E-state index in [2.05, 4.69) is 22.4 Å². The van der Waals surface area contributed by atoms with Crippen molar-refractivity contribution in [2.45, 2.75) is 36.3 Å². The minimum atomic E-state index is -3.54. The number of rotatable bonds is 8. The Kier molecular flexibility index (Phi) is 7.46. The molecule has 2 heterocycles. The first-order valence-electron chi connectivity index (χ1n) is 10.9. The Bertz CT molecular complexity index is 1190. The van der Waals surface area contributed by atoms with Crippen molar-refractivity contribution in [3.8, 4) is 11.5 Å². The molecule has 176 valence electrons. The summed E-state index contributed by atoms with van der Waals surface area (Å²) in [6.07, 6.45) is 1.82. The second-order valence-corrected chi connectivity index (χ2v) is 11.4. The lowest BCUT2D eigenvalue weighted by Crippen LogP contribution is -2.39. The number of halogens is 1. The van der Waals surface area contributed by atoms with Crippen molar-refractivity contribution in [2.75, 3.05) is 31.7 Å². The van der Waals surface area contributed by atoms with Crippen molar-refractivity contribution in [3.63, 3.8) is 0 Å². The first kappa shape index (κ1) is 23.9. The van der Waals surface area contributed by atoms with Crippen LogP contribution in [0, 0.1) is 0 Å².